The summed E-state index contributed by atoms with van der Waals surface area (Å²) in [5.41, 5.74) is 5.62. The van der Waals surface area contributed by atoms with Gasteiger partial charge in [0.2, 0.25) is 5.43 Å². The third-order valence-electron chi connectivity index (χ3n) is 6.69. The van der Waals surface area contributed by atoms with Crippen LogP contribution in [0.4, 0.5) is 10.1 Å². The van der Waals surface area contributed by atoms with E-state index in [0.29, 0.717) is 37.5 Å². The molecule has 3 fully saturated rings. The Bertz CT molecular complexity index is 1100. The standard InChI is InChI=1S/C21H24FN3O5/c1-29-20-17-12(19(26)13(21(27)28)7-24(17)11-2-3-11)4-15(22)18(20)25-6-10(5-23)14-8-30-9-16(14)25/h4,7,10-11,14,16H,2-3,5-6,8-9,23H2,1H3,(H,27,28)/t10-,14+,16+/m0/s1. The monoisotopic (exact) mass is 417 g/mol. The van der Waals surface area contributed by atoms with Crippen LogP contribution in [0.1, 0.15) is 29.2 Å². The van der Waals surface area contributed by atoms with E-state index < -0.39 is 17.2 Å². The smallest absolute Gasteiger partial charge is 0.341 e. The van der Waals surface area contributed by atoms with Crippen LogP contribution in [0.3, 0.4) is 0 Å². The van der Waals surface area contributed by atoms with Crippen molar-refractivity contribution in [2.75, 3.05) is 38.3 Å². The molecule has 2 saturated heterocycles. The van der Waals surface area contributed by atoms with Gasteiger partial charge in [0, 0.05) is 24.7 Å². The summed E-state index contributed by atoms with van der Waals surface area (Å²) in [6.45, 7) is 2.13. The molecule has 8 nitrogen and oxygen atoms in total. The van der Waals surface area contributed by atoms with Crippen LogP contribution < -0.4 is 20.8 Å². The number of methoxy groups -OCH3 is 1. The SMILES string of the molecule is COc1c(N2C[C@H](CN)[C@H]3COC[C@H]32)c(F)cc2c(=O)c(C(=O)O)cn(C3CC3)c12. The number of rotatable bonds is 5. The highest BCUT2D eigenvalue weighted by atomic mass is 19.1. The van der Waals surface area contributed by atoms with Gasteiger partial charge in [-0.3, -0.25) is 4.79 Å². The normalized spacial score (nSPS) is 25.7. The number of nitrogens with zero attached hydrogens (tertiary/aromatic N) is 2. The number of hydrogen-bond donors (Lipinski definition) is 2. The lowest BCUT2D eigenvalue weighted by molar-refractivity contribution is 0.0695. The molecular weight excluding hydrogens is 393 g/mol. The molecule has 3 atom stereocenters. The van der Waals surface area contributed by atoms with Gasteiger partial charge in [-0.15, -0.1) is 0 Å². The fourth-order valence-corrected chi connectivity index (χ4v) is 5.06. The van der Waals surface area contributed by atoms with Crippen molar-refractivity contribution in [2.24, 2.45) is 17.6 Å². The predicted molar refractivity (Wildman–Crippen MR) is 108 cm³/mol. The zero-order valence-corrected chi connectivity index (χ0v) is 16.6. The van der Waals surface area contributed by atoms with E-state index >= 15 is 4.39 Å². The molecule has 9 heteroatoms. The highest BCUT2D eigenvalue weighted by Gasteiger charge is 2.46. The molecule has 1 aromatic carbocycles. The molecule has 1 aliphatic carbocycles. The summed E-state index contributed by atoms with van der Waals surface area (Å²) in [7, 11) is 1.45. The maximum Gasteiger partial charge on any atom is 0.341 e. The Morgan fingerprint density at radius 2 is 2.17 bits per heavy atom. The van der Waals surface area contributed by atoms with Crippen molar-refractivity contribution in [2.45, 2.75) is 24.9 Å². The van der Waals surface area contributed by atoms with Crippen LogP contribution in [-0.2, 0) is 4.74 Å². The Morgan fingerprint density at radius 3 is 2.80 bits per heavy atom. The second-order valence-electron chi connectivity index (χ2n) is 8.37. The fourth-order valence-electron chi connectivity index (χ4n) is 5.06. The lowest BCUT2D eigenvalue weighted by atomic mass is 9.93. The Kier molecular flexibility index (Phi) is 4.48. The molecule has 160 valence electrons. The molecule has 0 radical (unpaired) electrons. The van der Waals surface area contributed by atoms with Crippen molar-refractivity contribution >= 4 is 22.6 Å². The van der Waals surface area contributed by atoms with Gasteiger partial charge in [0.1, 0.15) is 11.3 Å². The minimum atomic E-state index is -1.32. The molecule has 2 aromatic rings. The molecule has 2 aliphatic heterocycles. The first-order valence-corrected chi connectivity index (χ1v) is 10.2. The molecule has 0 bridgehead atoms. The van der Waals surface area contributed by atoms with Crippen molar-refractivity contribution in [3.05, 3.63) is 33.9 Å². The van der Waals surface area contributed by atoms with Crippen LogP contribution in [0.25, 0.3) is 10.9 Å². The number of nitrogens with two attached hydrogens (primary N) is 1. The Morgan fingerprint density at radius 1 is 1.40 bits per heavy atom. The molecule has 1 saturated carbocycles. The largest absolute Gasteiger partial charge is 0.492 e. The molecule has 3 aliphatic rings. The first kappa shape index (κ1) is 19.3. The number of halogens is 1. The molecule has 0 spiro atoms. The van der Waals surface area contributed by atoms with Gasteiger partial charge in [0.05, 0.1) is 37.3 Å². The number of carbonyl (C=O) groups is 1. The van der Waals surface area contributed by atoms with Gasteiger partial charge < -0.3 is 29.8 Å². The van der Waals surface area contributed by atoms with Crippen LogP contribution in [0.2, 0.25) is 0 Å². The van der Waals surface area contributed by atoms with E-state index in [1.165, 1.54) is 13.3 Å². The van der Waals surface area contributed by atoms with E-state index in [1.54, 1.807) is 4.57 Å². The quantitative estimate of drug-likeness (QED) is 0.761. The minimum Gasteiger partial charge on any atom is -0.492 e. The van der Waals surface area contributed by atoms with Crippen molar-refractivity contribution in [3.63, 3.8) is 0 Å². The third kappa shape index (κ3) is 2.72. The van der Waals surface area contributed by atoms with Gasteiger partial charge in [-0.1, -0.05) is 0 Å². The second kappa shape index (κ2) is 6.95. The Balaban J connectivity index is 1.78. The minimum absolute atomic E-state index is 0.0150. The molecule has 3 N–H and O–H groups in total. The number of pyridine rings is 1. The summed E-state index contributed by atoms with van der Waals surface area (Å²) in [5.74, 6) is -1.28. The molecular formula is C21H24FN3O5. The van der Waals surface area contributed by atoms with Crippen molar-refractivity contribution in [1.82, 2.24) is 4.57 Å². The maximum absolute atomic E-state index is 15.5. The molecule has 30 heavy (non-hydrogen) atoms. The van der Waals surface area contributed by atoms with Crippen LogP contribution in [-0.4, -0.2) is 55.1 Å². The number of aromatic nitrogens is 1. The average Bonchev–Trinajstić information content (AvgIpc) is 3.34. The van der Waals surface area contributed by atoms with Gasteiger partial charge >= 0.3 is 5.97 Å². The van der Waals surface area contributed by atoms with E-state index in [2.05, 4.69) is 0 Å². The summed E-state index contributed by atoms with van der Waals surface area (Å²) < 4.78 is 28.6. The predicted octanol–water partition coefficient (Wildman–Crippen LogP) is 1.59. The molecule has 3 heterocycles. The molecule has 5 rings (SSSR count). The number of benzene rings is 1. The number of aromatic carboxylic acids is 1. The van der Waals surface area contributed by atoms with E-state index in [0.717, 1.165) is 18.9 Å². The number of carboxylic acid groups (broad SMARTS) is 1. The number of ether oxygens (including phenoxy) is 2. The van der Waals surface area contributed by atoms with Gasteiger partial charge in [-0.25, -0.2) is 9.18 Å². The van der Waals surface area contributed by atoms with E-state index in [-0.39, 0.29) is 40.6 Å². The second-order valence-corrected chi connectivity index (χ2v) is 8.37. The summed E-state index contributed by atoms with van der Waals surface area (Å²) in [4.78, 5) is 26.4. The first-order valence-electron chi connectivity index (χ1n) is 10.2. The lowest BCUT2D eigenvalue weighted by Crippen LogP contribution is -2.34. The zero-order valence-electron chi connectivity index (χ0n) is 16.6. The van der Waals surface area contributed by atoms with Crippen LogP contribution in [0.15, 0.2) is 17.1 Å². The van der Waals surface area contributed by atoms with Gasteiger partial charge in [-0.2, -0.15) is 0 Å². The zero-order chi connectivity index (χ0) is 21.2. The molecule has 0 unspecified atom stereocenters. The van der Waals surface area contributed by atoms with Crippen LogP contribution >= 0.6 is 0 Å². The van der Waals surface area contributed by atoms with Crippen LogP contribution in [0, 0.1) is 17.7 Å². The molecule has 1 aromatic heterocycles. The van der Waals surface area contributed by atoms with Crippen molar-refractivity contribution in [3.8, 4) is 5.75 Å². The summed E-state index contributed by atoms with van der Waals surface area (Å²) in [5, 5.41) is 9.48. The highest BCUT2D eigenvalue weighted by Crippen LogP contribution is 2.47. The third-order valence-corrected chi connectivity index (χ3v) is 6.69. The number of anilines is 1. The van der Waals surface area contributed by atoms with Gasteiger partial charge in [0.15, 0.2) is 11.6 Å². The average molecular weight is 417 g/mol. The summed E-state index contributed by atoms with van der Waals surface area (Å²) in [6, 6.07) is 1.21. The first-order chi connectivity index (χ1) is 14.5. The topological polar surface area (TPSA) is 107 Å². The van der Waals surface area contributed by atoms with Crippen molar-refractivity contribution < 1.29 is 23.8 Å². The number of carboxylic acids is 1. The van der Waals surface area contributed by atoms with E-state index in [1.807, 2.05) is 4.90 Å². The lowest BCUT2D eigenvalue weighted by Gasteiger charge is -2.28. The van der Waals surface area contributed by atoms with E-state index in [4.69, 9.17) is 15.2 Å². The van der Waals surface area contributed by atoms with Crippen molar-refractivity contribution in [1.29, 1.82) is 0 Å². The summed E-state index contributed by atoms with van der Waals surface area (Å²) >= 11 is 0. The summed E-state index contributed by atoms with van der Waals surface area (Å²) in [6.07, 6.45) is 3.10. The fraction of sp³-hybridized carbons (Fsp3) is 0.524. The highest BCUT2D eigenvalue weighted by molar-refractivity contribution is 5.97. The maximum atomic E-state index is 15.5. The van der Waals surface area contributed by atoms with Crippen LogP contribution in [0.5, 0.6) is 5.75 Å². The number of fused-ring (bicyclic) bond motifs is 2. The van der Waals surface area contributed by atoms with Gasteiger partial charge in [-0.05, 0) is 31.4 Å². The Hall–Kier alpha value is -2.65. The van der Waals surface area contributed by atoms with Gasteiger partial charge in [0.25, 0.3) is 0 Å². The number of hydrogen-bond acceptors (Lipinski definition) is 6. The Labute approximate surface area is 172 Å². The van der Waals surface area contributed by atoms with E-state index in [9.17, 15) is 14.7 Å². The molecule has 0 amide bonds.